The molecule has 7 rings (SSSR count). The number of dihydropyridines is 1. The van der Waals surface area contributed by atoms with E-state index in [0.29, 0.717) is 16.5 Å². The molecule has 2 N–H and O–H groups in total. The molecule has 0 radical (unpaired) electrons. The number of allylic oxidation sites excluding steroid dienone is 2. The fourth-order valence-corrected chi connectivity index (χ4v) is 6.14. The predicted molar refractivity (Wildman–Crippen MR) is 120 cm³/mol. The molecule has 4 aliphatic heterocycles. The number of aliphatic imine (C=N–C) groups is 1. The number of hydrogen-bond donors (Lipinski definition) is 2. The van der Waals surface area contributed by atoms with Gasteiger partial charge < -0.3 is 24.8 Å². The highest BCUT2D eigenvalue weighted by molar-refractivity contribution is 9.10. The lowest BCUT2D eigenvalue weighted by Gasteiger charge is -2.30. The van der Waals surface area contributed by atoms with Crippen LogP contribution in [0.3, 0.4) is 0 Å². The predicted octanol–water partition coefficient (Wildman–Crippen LogP) is 3.87. The van der Waals surface area contributed by atoms with Gasteiger partial charge in [-0.05, 0) is 50.0 Å². The molecule has 8 heteroatoms. The van der Waals surface area contributed by atoms with E-state index in [-0.39, 0.29) is 23.7 Å². The van der Waals surface area contributed by atoms with E-state index < -0.39 is 5.66 Å². The molecule has 31 heavy (non-hydrogen) atoms. The number of amidine groups is 1. The Morgan fingerprint density at radius 1 is 1.16 bits per heavy atom. The summed E-state index contributed by atoms with van der Waals surface area (Å²) in [5, 5.41) is 7.47. The minimum absolute atomic E-state index is 0.0179. The minimum atomic E-state index is -0.644. The standard InChI is InChI=1S/C23H23BrClN3O3/c1-21-15(8-14(25)17(27-21)12-2-4-13(24)5-3-12)26-20(28-21)31-16-9-23(16)11-30-18-19(23)29-10-22(18)6-7-22/h2-5,8,16,18-19,27H,6-7,9-11H2,1H3,(H,26,28)/t16?,18?,19?,21?,23-/m0/s1. The third-order valence-electron chi connectivity index (χ3n) is 7.82. The van der Waals surface area contributed by atoms with Crippen molar-refractivity contribution in [3.05, 3.63) is 51.1 Å². The monoisotopic (exact) mass is 503 g/mol. The van der Waals surface area contributed by atoms with Gasteiger partial charge in [-0.3, -0.25) is 0 Å². The number of rotatable bonds is 2. The molecule has 5 atom stereocenters. The smallest absolute Gasteiger partial charge is 0.292 e. The van der Waals surface area contributed by atoms with Crippen molar-refractivity contribution in [1.29, 1.82) is 0 Å². The van der Waals surface area contributed by atoms with Crippen LogP contribution in [0.1, 0.15) is 31.7 Å². The Bertz CT molecular complexity index is 1080. The van der Waals surface area contributed by atoms with Crippen molar-refractivity contribution in [3.63, 3.8) is 0 Å². The molecular formula is C23H23BrClN3O3. The van der Waals surface area contributed by atoms with Gasteiger partial charge in [-0.2, -0.15) is 0 Å². The molecule has 6 aliphatic rings. The van der Waals surface area contributed by atoms with E-state index in [2.05, 4.69) is 26.6 Å². The molecule has 4 heterocycles. The summed E-state index contributed by atoms with van der Waals surface area (Å²) in [6.45, 7) is 3.59. The fourth-order valence-electron chi connectivity index (χ4n) is 5.61. The zero-order chi connectivity index (χ0) is 21.0. The van der Waals surface area contributed by atoms with Gasteiger partial charge in [0.05, 0.1) is 47.3 Å². The van der Waals surface area contributed by atoms with E-state index in [1.807, 2.05) is 37.3 Å². The van der Waals surface area contributed by atoms with Crippen molar-refractivity contribution in [3.8, 4) is 0 Å². The Morgan fingerprint density at radius 3 is 2.71 bits per heavy atom. The van der Waals surface area contributed by atoms with Crippen LogP contribution in [-0.2, 0) is 14.2 Å². The Labute approximate surface area is 194 Å². The van der Waals surface area contributed by atoms with Crippen LogP contribution in [0.25, 0.3) is 5.70 Å². The highest BCUT2D eigenvalue weighted by Gasteiger charge is 2.75. The topological polar surface area (TPSA) is 64.1 Å². The first-order valence-corrected chi connectivity index (χ1v) is 12.0. The zero-order valence-corrected chi connectivity index (χ0v) is 19.4. The van der Waals surface area contributed by atoms with Crippen molar-refractivity contribution < 1.29 is 14.2 Å². The molecule has 1 aromatic rings. The number of nitrogens with one attached hydrogen (secondary N) is 2. The number of ether oxygens (including phenoxy) is 3. The molecular weight excluding hydrogens is 482 g/mol. The van der Waals surface area contributed by atoms with Crippen LogP contribution in [0.5, 0.6) is 0 Å². The van der Waals surface area contributed by atoms with E-state index in [1.54, 1.807) is 0 Å². The second-order valence-corrected chi connectivity index (χ2v) is 11.2. The maximum absolute atomic E-state index is 6.61. The fraction of sp³-hybridized carbons (Fsp3) is 0.522. The molecule has 162 valence electrons. The maximum atomic E-state index is 6.61. The lowest BCUT2D eigenvalue weighted by molar-refractivity contribution is 0.0455. The molecule has 2 saturated carbocycles. The Kier molecular flexibility index (Phi) is 3.72. The van der Waals surface area contributed by atoms with Crippen molar-refractivity contribution in [1.82, 2.24) is 10.6 Å². The third kappa shape index (κ3) is 2.67. The normalized spacial score (nSPS) is 40.8. The molecule has 2 aliphatic carbocycles. The summed E-state index contributed by atoms with van der Waals surface area (Å²) in [6, 6.07) is 8.59. The second-order valence-electron chi connectivity index (χ2n) is 9.90. The number of halogens is 2. The van der Waals surface area contributed by atoms with E-state index in [9.17, 15) is 0 Å². The molecule has 2 spiro atoms. The van der Waals surface area contributed by atoms with Gasteiger partial charge in [0.1, 0.15) is 6.10 Å². The summed E-state index contributed by atoms with van der Waals surface area (Å²) in [6.07, 6.45) is 5.84. The summed E-state index contributed by atoms with van der Waals surface area (Å²) in [7, 11) is 0. The van der Waals surface area contributed by atoms with Crippen LogP contribution < -0.4 is 10.6 Å². The first-order valence-electron chi connectivity index (χ1n) is 10.8. The number of fused-ring (bicyclic) bond motifs is 4. The number of hydrogen-bond acceptors (Lipinski definition) is 6. The van der Waals surface area contributed by atoms with Gasteiger partial charge in [0.15, 0.2) is 5.66 Å². The second kappa shape index (κ2) is 6.07. The quantitative estimate of drug-likeness (QED) is 0.640. The SMILES string of the molecule is CC12N=C(OC3C[C@]34COC3C4OCC34CC4)NC1=CC(Cl)=C(c1ccc(Br)cc1)N2. The van der Waals surface area contributed by atoms with Crippen LogP contribution in [0.2, 0.25) is 0 Å². The highest BCUT2D eigenvalue weighted by Crippen LogP contribution is 2.67. The van der Waals surface area contributed by atoms with Gasteiger partial charge >= 0.3 is 0 Å². The van der Waals surface area contributed by atoms with Crippen LogP contribution in [0.15, 0.2) is 50.5 Å². The van der Waals surface area contributed by atoms with Crippen molar-refractivity contribution in [2.75, 3.05) is 13.2 Å². The minimum Gasteiger partial charge on any atom is -0.461 e. The lowest BCUT2D eigenvalue weighted by Crippen LogP contribution is -2.43. The van der Waals surface area contributed by atoms with Gasteiger partial charge in [0.2, 0.25) is 0 Å². The Hall–Kier alpha value is -1.54. The largest absolute Gasteiger partial charge is 0.461 e. The average molecular weight is 505 g/mol. The van der Waals surface area contributed by atoms with Gasteiger partial charge in [-0.15, -0.1) is 0 Å². The molecule has 0 bridgehead atoms. The van der Waals surface area contributed by atoms with Crippen LogP contribution in [0.4, 0.5) is 0 Å². The Balaban J connectivity index is 1.09. The van der Waals surface area contributed by atoms with Crippen molar-refractivity contribution in [2.24, 2.45) is 15.8 Å². The van der Waals surface area contributed by atoms with E-state index in [4.69, 9.17) is 30.8 Å². The molecule has 2 saturated heterocycles. The van der Waals surface area contributed by atoms with Crippen molar-refractivity contribution in [2.45, 2.75) is 50.2 Å². The van der Waals surface area contributed by atoms with Crippen LogP contribution >= 0.6 is 27.5 Å². The van der Waals surface area contributed by atoms with Gasteiger partial charge in [0.25, 0.3) is 6.02 Å². The van der Waals surface area contributed by atoms with Crippen molar-refractivity contribution >= 4 is 39.2 Å². The number of nitrogens with zero attached hydrogens (tertiary/aromatic N) is 1. The summed E-state index contributed by atoms with van der Waals surface area (Å²) in [5.74, 6) is 0. The van der Waals surface area contributed by atoms with E-state index in [0.717, 1.165) is 41.1 Å². The molecule has 0 aromatic heterocycles. The first-order chi connectivity index (χ1) is 14.9. The highest BCUT2D eigenvalue weighted by atomic mass is 79.9. The third-order valence-corrected chi connectivity index (χ3v) is 8.65. The van der Waals surface area contributed by atoms with E-state index in [1.165, 1.54) is 12.8 Å². The summed E-state index contributed by atoms with van der Waals surface area (Å²) in [5.41, 5.74) is 2.39. The molecule has 4 fully saturated rings. The molecule has 0 amide bonds. The zero-order valence-electron chi connectivity index (χ0n) is 17.1. The van der Waals surface area contributed by atoms with Gasteiger partial charge in [-0.25, -0.2) is 4.99 Å². The first kappa shape index (κ1) is 19.0. The lowest BCUT2D eigenvalue weighted by atomic mass is 9.92. The summed E-state index contributed by atoms with van der Waals surface area (Å²) < 4.78 is 19.8. The maximum Gasteiger partial charge on any atom is 0.292 e. The average Bonchev–Trinajstić information content (AvgIpc) is 3.52. The Morgan fingerprint density at radius 2 is 1.94 bits per heavy atom. The summed E-state index contributed by atoms with van der Waals surface area (Å²) >= 11 is 10.1. The van der Waals surface area contributed by atoms with Crippen LogP contribution in [0, 0.1) is 10.8 Å². The van der Waals surface area contributed by atoms with Gasteiger partial charge in [0, 0.05) is 9.89 Å². The van der Waals surface area contributed by atoms with Gasteiger partial charge in [-0.1, -0.05) is 39.7 Å². The van der Waals surface area contributed by atoms with E-state index >= 15 is 0 Å². The molecule has 6 nitrogen and oxygen atoms in total. The number of benzene rings is 1. The van der Waals surface area contributed by atoms with Crippen LogP contribution in [-0.4, -0.2) is 43.2 Å². The summed E-state index contributed by atoms with van der Waals surface area (Å²) in [4.78, 5) is 4.85. The molecule has 1 aromatic carbocycles. The molecule has 4 unspecified atom stereocenters.